The number of hydrogen-bond donors (Lipinski definition) is 1. The van der Waals surface area contributed by atoms with Crippen LogP contribution in [0, 0.1) is 0 Å². The lowest BCUT2D eigenvalue weighted by Crippen LogP contribution is -2.53. The van der Waals surface area contributed by atoms with Crippen molar-refractivity contribution in [3.63, 3.8) is 0 Å². The minimum Gasteiger partial charge on any atom is -0.413 e. The topological polar surface area (TPSA) is 51.2 Å². The molecule has 0 saturated carbocycles. The molecule has 190 valence electrons. The highest BCUT2D eigenvalue weighted by atomic mass is 28.4. The molecule has 1 heterocycles. The summed E-state index contributed by atoms with van der Waals surface area (Å²) in [5, 5.41) is 11.1. The lowest BCUT2D eigenvalue weighted by atomic mass is 9.92. The number of hydrogen-bond acceptors (Lipinski definition) is 4. The molecule has 32 heavy (non-hydrogen) atoms. The van der Waals surface area contributed by atoms with E-state index in [0.29, 0.717) is 23.2 Å². The molecular formula is C26H54O4Si2. The van der Waals surface area contributed by atoms with Crippen molar-refractivity contribution >= 4 is 16.6 Å². The van der Waals surface area contributed by atoms with Gasteiger partial charge in [0.2, 0.25) is 0 Å². The Labute approximate surface area is 201 Å². The highest BCUT2D eigenvalue weighted by Crippen LogP contribution is 2.48. The number of aliphatic hydroxyl groups is 1. The van der Waals surface area contributed by atoms with Gasteiger partial charge in [-0.25, -0.2) is 0 Å². The molecule has 0 unspecified atom stereocenters. The van der Waals surface area contributed by atoms with Crippen molar-refractivity contribution in [1.82, 2.24) is 0 Å². The Morgan fingerprint density at radius 3 is 1.91 bits per heavy atom. The highest BCUT2D eigenvalue weighted by Gasteiger charge is 2.63. The Balaban J connectivity index is 3.25. The molecule has 4 nitrogen and oxygen atoms in total. The van der Waals surface area contributed by atoms with Gasteiger partial charge in [0.25, 0.3) is 0 Å². The van der Waals surface area contributed by atoms with Gasteiger partial charge in [0.15, 0.2) is 16.6 Å². The molecule has 0 bridgehead atoms. The highest BCUT2D eigenvalue weighted by molar-refractivity contribution is 6.77. The van der Waals surface area contributed by atoms with Gasteiger partial charge in [-0.1, -0.05) is 75.3 Å². The molecule has 1 N–H and O–H groups in total. The van der Waals surface area contributed by atoms with Gasteiger partial charge in [-0.05, 0) is 60.6 Å². The van der Waals surface area contributed by atoms with Crippen molar-refractivity contribution in [2.75, 3.05) is 6.61 Å². The quantitative estimate of drug-likeness (QED) is 0.177. The maximum absolute atomic E-state index is 11.0. The van der Waals surface area contributed by atoms with E-state index < -0.39 is 28.3 Å². The van der Waals surface area contributed by atoms with Crippen molar-refractivity contribution in [1.29, 1.82) is 0 Å². The van der Waals surface area contributed by atoms with Gasteiger partial charge in [0.05, 0.1) is 12.7 Å². The fourth-order valence-electron chi connectivity index (χ4n) is 5.26. The van der Waals surface area contributed by atoms with Crippen molar-refractivity contribution in [3.05, 3.63) is 11.6 Å². The third-order valence-electron chi connectivity index (χ3n) is 8.18. The monoisotopic (exact) mass is 486 g/mol. The molecule has 1 fully saturated rings. The molecule has 0 radical (unpaired) electrons. The van der Waals surface area contributed by atoms with Gasteiger partial charge in [-0.2, -0.15) is 0 Å². The maximum atomic E-state index is 11.0. The minimum atomic E-state index is -2.05. The van der Waals surface area contributed by atoms with Gasteiger partial charge < -0.3 is 18.7 Å². The van der Waals surface area contributed by atoms with E-state index in [1.165, 1.54) is 0 Å². The summed E-state index contributed by atoms with van der Waals surface area (Å²) in [5.41, 5.74) is 1.90. The van der Waals surface area contributed by atoms with Crippen LogP contribution in [0.4, 0.5) is 0 Å². The molecule has 1 saturated heterocycles. The van der Waals surface area contributed by atoms with Crippen LogP contribution < -0.4 is 0 Å². The van der Waals surface area contributed by atoms with Crippen LogP contribution in [0.3, 0.4) is 0 Å². The number of rotatable bonds is 12. The maximum Gasteiger partial charge on any atom is 0.200 e. The standard InChI is InChI=1S/C26H54O4Si2/c1-15-16-21(8)23(27)26(12)24(29-26)22(30-31(13,14)25(9,10)11)17-28-32(18(2)3,19(4)5)20(6)7/h16,18-20,22-24,27H,15,17H2,1-14H3/b21-16+/t22-,23-,24+,26+/m1/s1. The molecule has 0 amide bonds. The van der Waals surface area contributed by atoms with E-state index >= 15 is 0 Å². The van der Waals surface area contributed by atoms with E-state index in [-0.39, 0.29) is 17.2 Å². The molecule has 0 aliphatic carbocycles. The molecular weight excluding hydrogens is 432 g/mol. The fraction of sp³-hybridized carbons (Fsp3) is 0.923. The molecule has 6 heteroatoms. The van der Waals surface area contributed by atoms with Gasteiger partial charge in [-0.3, -0.25) is 0 Å². The summed E-state index contributed by atoms with van der Waals surface area (Å²) in [5.74, 6) is 0. The van der Waals surface area contributed by atoms with E-state index in [4.69, 9.17) is 13.6 Å². The second-order valence-electron chi connectivity index (χ2n) is 12.5. The van der Waals surface area contributed by atoms with Crippen molar-refractivity contribution in [2.45, 2.75) is 148 Å². The second-order valence-corrected chi connectivity index (χ2v) is 22.7. The molecule has 4 atom stereocenters. The first kappa shape index (κ1) is 30.0. The SMILES string of the molecule is CC/C=C(\C)[C@@H](O)[C@]1(C)O[C@H]1[C@@H](CO[Si](C(C)C)(C(C)C)C(C)C)O[Si](C)(C)C(C)(C)C. The first-order chi connectivity index (χ1) is 14.4. The molecule has 0 spiro atoms. The van der Waals surface area contributed by atoms with E-state index in [9.17, 15) is 5.11 Å². The van der Waals surface area contributed by atoms with Gasteiger partial charge >= 0.3 is 0 Å². The summed E-state index contributed by atoms with van der Waals surface area (Å²) in [6.07, 6.45) is 2.03. The normalized spacial score (nSPS) is 25.1. The Bertz CT molecular complexity index is 614. The van der Waals surface area contributed by atoms with Crippen LogP contribution in [-0.4, -0.2) is 52.3 Å². The van der Waals surface area contributed by atoms with Crippen LogP contribution in [0.15, 0.2) is 11.6 Å². The zero-order valence-corrected chi connectivity index (χ0v) is 25.6. The third kappa shape index (κ3) is 6.17. The van der Waals surface area contributed by atoms with Crippen molar-refractivity contribution < 1.29 is 18.7 Å². The molecule has 1 rings (SSSR count). The Kier molecular flexibility index (Phi) is 10.1. The Morgan fingerprint density at radius 1 is 1.06 bits per heavy atom. The minimum absolute atomic E-state index is 0.0931. The van der Waals surface area contributed by atoms with E-state index in [2.05, 4.69) is 88.4 Å². The van der Waals surface area contributed by atoms with E-state index in [1.807, 2.05) is 13.8 Å². The summed E-state index contributed by atoms with van der Waals surface area (Å²) < 4.78 is 20.1. The fourth-order valence-corrected chi connectivity index (χ4v) is 12.0. The smallest absolute Gasteiger partial charge is 0.200 e. The van der Waals surface area contributed by atoms with Crippen LogP contribution in [0.2, 0.25) is 34.8 Å². The van der Waals surface area contributed by atoms with Crippen LogP contribution in [0.25, 0.3) is 0 Å². The van der Waals surface area contributed by atoms with Crippen LogP contribution in [0.5, 0.6) is 0 Å². The van der Waals surface area contributed by atoms with Crippen LogP contribution >= 0.6 is 0 Å². The van der Waals surface area contributed by atoms with E-state index in [1.54, 1.807) is 0 Å². The van der Waals surface area contributed by atoms with E-state index in [0.717, 1.165) is 12.0 Å². The predicted octanol–water partition coefficient (Wildman–Crippen LogP) is 7.44. The molecule has 1 aliphatic heterocycles. The van der Waals surface area contributed by atoms with Crippen LogP contribution in [-0.2, 0) is 13.6 Å². The molecule has 1 aliphatic rings. The average Bonchev–Trinajstić information content (AvgIpc) is 3.31. The largest absolute Gasteiger partial charge is 0.413 e. The molecule has 0 aromatic heterocycles. The summed E-state index contributed by atoms with van der Waals surface area (Å²) >= 11 is 0. The molecule has 0 aromatic rings. The first-order valence-electron chi connectivity index (χ1n) is 12.7. The first-order valence-corrected chi connectivity index (χ1v) is 17.8. The predicted molar refractivity (Wildman–Crippen MR) is 142 cm³/mol. The summed E-state index contributed by atoms with van der Waals surface area (Å²) in [4.78, 5) is 0. The van der Waals surface area contributed by atoms with Gasteiger partial charge in [-0.15, -0.1) is 0 Å². The average molecular weight is 487 g/mol. The lowest BCUT2D eigenvalue weighted by Gasteiger charge is -2.44. The Morgan fingerprint density at radius 2 is 1.53 bits per heavy atom. The summed E-state index contributed by atoms with van der Waals surface area (Å²) in [7, 11) is -4.08. The van der Waals surface area contributed by atoms with Crippen LogP contribution in [0.1, 0.15) is 89.5 Å². The number of aliphatic hydroxyl groups excluding tert-OH is 1. The van der Waals surface area contributed by atoms with Crippen molar-refractivity contribution in [3.8, 4) is 0 Å². The number of allylic oxidation sites excluding steroid dienone is 1. The van der Waals surface area contributed by atoms with Crippen molar-refractivity contribution in [2.24, 2.45) is 0 Å². The zero-order chi connectivity index (χ0) is 25.3. The summed E-state index contributed by atoms with van der Waals surface area (Å²) in [6, 6.07) is 0. The Hall–Kier alpha value is 0.0138. The second kappa shape index (κ2) is 10.7. The number of ether oxygens (including phenoxy) is 1. The zero-order valence-electron chi connectivity index (χ0n) is 23.6. The summed E-state index contributed by atoms with van der Waals surface area (Å²) in [6.45, 7) is 31.9. The van der Waals surface area contributed by atoms with Gasteiger partial charge in [0, 0.05) is 0 Å². The van der Waals surface area contributed by atoms with Gasteiger partial charge in [0.1, 0.15) is 17.8 Å². The molecule has 0 aromatic carbocycles. The lowest BCUT2D eigenvalue weighted by molar-refractivity contribution is 0.0807. The number of epoxide rings is 1. The third-order valence-corrected chi connectivity index (χ3v) is 18.8.